The van der Waals surface area contributed by atoms with E-state index in [-0.39, 0.29) is 23.7 Å². The number of nitrogens with one attached hydrogen (secondary N) is 2. The average molecular weight is 230 g/mol. The fraction of sp³-hybridized carbons (Fsp3) is 0.385. The molecule has 1 aromatic carbocycles. The summed E-state index contributed by atoms with van der Waals surface area (Å²) in [5.74, 6) is 0.170. The lowest BCUT2D eigenvalue weighted by atomic mass is 10.0. The Kier molecular flexibility index (Phi) is 2.18. The van der Waals surface area contributed by atoms with E-state index in [4.69, 9.17) is 0 Å². The van der Waals surface area contributed by atoms with Crippen LogP contribution >= 0.6 is 0 Å². The van der Waals surface area contributed by atoms with Gasteiger partial charge in [0.25, 0.3) is 0 Å². The van der Waals surface area contributed by atoms with Crippen LogP contribution in [0.5, 0.6) is 0 Å². The molecule has 1 fully saturated rings. The average Bonchev–Trinajstić information content (AvgIpc) is 3.10. The van der Waals surface area contributed by atoms with Crippen molar-refractivity contribution < 1.29 is 9.59 Å². The van der Waals surface area contributed by atoms with E-state index < -0.39 is 0 Å². The highest BCUT2D eigenvalue weighted by Crippen LogP contribution is 2.35. The fourth-order valence-electron chi connectivity index (χ4n) is 2.08. The number of fused-ring (bicyclic) bond motifs is 1. The third kappa shape index (κ3) is 1.79. The topological polar surface area (TPSA) is 58.2 Å². The molecule has 1 saturated carbocycles. The standard InChI is InChI=1S/C13H14N2O2/c1-7-10-6-9(14-13(17)8-2-3-8)4-5-11(10)15-12(7)16/h4-8H,2-3H2,1H3,(H,14,17)(H,15,16). The van der Waals surface area contributed by atoms with Crippen LogP contribution in [0.2, 0.25) is 0 Å². The number of rotatable bonds is 2. The highest BCUT2D eigenvalue weighted by atomic mass is 16.2. The van der Waals surface area contributed by atoms with Gasteiger partial charge in [-0.05, 0) is 43.5 Å². The molecule has 0 saturated heterocycles. The van der Waals surface area contributed by atoms with Crippen LogP contribution in [0, 0.1) is 5.92 Å². The molecule has 2 N–H and O–H groups in total. The van der Waals surface area contributed by atoms with Crippen LogP contribution < -0.4 is 10.6 Å². The van der Waals surface area contributed by atoms with Gasteiger partial charge in [0.15, 0.2) is 0 Å². The maximum atomic E-state index is 11.6. The molecule has 17 heavy (non-hydrogen) atoms. The number of hydrogen-bond donors (Lipinski definition) is 2. The molecule has 1 unspecified atom stereocenters. The summed E-state index contributed by atoms with van der Waals surface area (Å²) in [4.78, 5) is 23.1. The molecule has 0 bridgehead atoms. The minimum absolute atomic E-state index is 0.0191. The number of anilines is 2. The minimum Gasteiger partial charge on any atom is -0.326 e. The van der Waals surface area contributed by atoms with Crippen molar-refractivity contribution in [2.45, 2.75) is 25.7 Å². The third-order valence-electron chi connectivity index (χ3n) is 3.38. The zero-order valence-electron chi connectivity index (χ0n) is 9.62. The molecule has 2 amide bonds. The van der Waals surface area contributed by atoms with Crippen LogP contribution in [-0.4, -0.2) is 11.8 Å². The van der Waals surface area contributed by atoms with Gasteiger partial charge in [0, 0.05) is 17.3 Å². The Balaban J connectivity index is 1.83. The Morgan fingerprint density at radius 3 is 2.88 bits per heavy atom. The van der Waals surface area contributed by atoms with Crippen molar-refractivity contribution in [3.05, 3.63) is 23.8 Å². The molecule has 0 aromatic heterocycles. The van der Waals surface area contributed by atoms with Crippen LogP contribution in [0.25, 0.3) is 0 Å². The van der Waals surface area contributed by atoms with Crippen molar-refractivity contribution in [1.29, 1.82) is 0 Å². The SMILES string of the molecule is CC1C(=O)Nc2ccc(NC(=O)C3CC3)cc21. The van der Waals surface area contributed by atoms with E-state index in [9.17, 15) is 9.59 Å². The maximum absolute atomic E-state index is 11.6. The summed E-state index contributed by atoms with van der Waals surface area (Å²) < 4.78 is 0. The summed E-state index contributed by atoms with van der Waals surface area (Å²) in [7, 11) is 0. The molecule has 1 aliphatic heterocycles. The van der Waals surface area contributed by atoms with Crippen LogP contribution in [-0.2, 0) is 9.59 Å². The first-order valence-electron chi connectivity index (χ1n) is 5.91. The van der Waals surface area contributed by atoms with Gasteiger partial charge in [-0.1, -0.05) is 0 Å². The lowest BCUT2D eigenvalue weighted by molar-refractivity contribution is -0.117. The quantitative estimate of drug-likeness (QED) is 0.817. The van der Waals surface area contributed by atoms with Crippen LogP contribution in [0.4, 0.5) is 11.4 Å². The van der Waals surface area contributed by atoms with Crippen LogP contribution in [0.3, 0.4) is 0 Å². The fourth-order valence-corrected chi connectivity index (χ4v) is 2.08. The van der Waals surface area contributed by atoms with Crippen molar-refractivity contribution in [3.63, 3.8) is 0 Å². The number of carbonyl (C=O) groups excluding carboxylic acids is 2. The smallest absolute Gasteiger partial charge is 0.231 e. The largest absolute Gasteiger partial charge is 0.326 e. The van der Waals surface area contributed by atoms with Gasteiger partial charge in [0.05, 0.1) is 5.92 Å². The Bertz CT molecular complexity index is 506. The molecule has 1 heterocycles. The van der Waals surface area contributed by atoms with Gasteiger partial charge in [-0.25, -0.2) is 0 Å². The highest BCUT2D eigenvalue weighted by molar-refractivity contribution is 6.03. The second-order valence-electron chi connectivity index (χ2n) is 4.78. The maximum Gasteiger partial charge on any atom is 0.231 e. The van der Waals surface area contributed by atoms with Gasteiger partial charge in [0.2, 0.25) is 11.8 Å². The van der Waals surface area contributed by atoms with Crippen LogP contribution in [0.1, 0.15) is 31.2 Å². The Hall–Kier alpha value is -1.84. The molecule has 0 spiro atoms. The van der Waals surface area contributed by atoms with E-state index in [0.717, 1.165) is 29.8 Å². The lowest BCUT2D eigenvalue weighted by Gasteiger charge is -2.07. The molecule has 3 rings (SSSR count). The highest BCUT2D eigenvalue weighted by Gasteiger charge is 2.30. The number of amides is 2. The van der Waals surface area contributed by atoms with E-state index in [1.165, 1.54) is 0 Å². The van der Waals surface area contributed by atoms with Gasteiger partial charge >= 0.3 is 0 Å². The number of carbonyl (C=O) groups is 2. The summed E-state index contributed by atoms with van der Waals surface area (Å²) in [6.45, 7) is 1.87. The van der Waals surface area contributed by atoms with Crippen molar-refractivity contribution in [3.8, 4) is 0 Å². The Morgan fingerprint density at radius 1 is 1.41 bits per heavy atom. The summed E-state index contributed by atoms with van der Waals surface area (Å²) in [5, 5.41) is 5.70. The van der Waals surface area contributed by atoms with E-state index in [1.54, 1.807) is 0 Å². The molecule has 1 atom stereocenters. The molecule has 1 aromatic rings. The Morgan fingerprint density at radius 2 is 2.18 bits per heavy atom. The monoisotopic (exact) mass is 230 g/mol. The van der Waals surface area contributed by atoms with Gasteiger partial charge in [-0.2, -0.15) is 0 Å². The third-order valence-corrected chi connectivity index (χ3v) is 3.38. The first-order valence-corrected chi connectivity index (χ1v) is 5.91. The van der Waals surface area contributed by atoms with Crippen molar-refractivity contribution in [2.24, 2.45) is 5.92 Å². The van der Waals surface area contributed by atoms with Gasteiger partial charge in [-0.15, -0.1) is 0 Å². The number of benzene rings is 1. The second-order valence-corrected chi connectivity index (χ2v) is 4.78. The van der Waals surface area contributed by atoms with Gasteiger partial charge < -0.3 is 10.6 Å². The zero-order valence-corrected chi connectivity index (χ0v) is 9.62. The molecule has 4 nitrogen and oxygen atoms in total. The minimum atomic E-state index is -0.136. The lowest BCUT2D eigenvalue weighted by Crippen LogP contribution is -2.13. The molecule has 4 heteroatoms. The van der Waals surface area contributed by atoms with E-state index in [1.807, 2.05) is 25.1 Å². The van der Waals surface area contributed by atoms with E-state index in [0.29, 0.717) is 0 Å². The normalized spacial score (nSPS) is 21.9. The molecule has 88 valence electrons. The van der Waals surface area contributed by atoms with Gasteiger partial charge in [-0.3, -0.25) is 9.59 Å². The van der Waals surface area contributed by atoms with Crippen molar-refractivity contribution >= 4 is 23.2 Å². The van der Waals surface area contributed by atoms with E-state index in [2.05, 4.69) is 10.6 Å². The van der Waals surface area contributed by atoms with Crippen LogP contribution in [0.15, 0.2) is 18.2 Å². The molecule has 0 radical (unpaired) electrons. The Labute approximate surface area is 99.4 Å². The second kappa shape index (κ2) is 3.58. The predicted octanol–water partition coefficient (Wildman–Crippen LogP) is 2.09. The van der Waals surface area contributed by atoms with Crippen molar-refractivity contribution in [2.75, 3.05) is 10.6 Å². The van der Waals surface area contributed by atoms with Crippen molar-refractivity contribution in [1.82, 2.24) is 0 Å². The summed E-state index contributed by atoms with van der Waals surface area (Å²) >= 11 is 0. The first kappa shape index (κ1) is 10.3. The molecular weight excluding hydrogens is 216 g/mol. The summed E-state index contributed by atoms with van der Waals surface area (Å²) in [5.41, 5.74) is 2.60. The molecule has 2 aliphatic rings. The molecule has 1 aliphatic carbocycles. The van der Waals surface area contributed by atoms with Gasteiger partial charge in [0.1, 0.15) is 0 Å². The predicted molar refractivity (Wildman–Crippen MR) is 64.8 cm³/mol. The zero-order chi connectivity index (χ0) is 12.0. The number of hydrogen-bond acceptors (Lipinski definition) is 2. The summed E-state index contributed by atoms with van der Waals surface area (Å²) in [6, 6.07) is 5.56. The summed E-state index contributed by atoms with van der Waals surface area (Å²) in [6.07, 6.45) is 1.99. The first-order chi connectivity index (χ1) is 8.15. The van der Waals surface area contributed by atoms with E-state index >= 15 is 0 Å². The molecular formula is C13H14N2O2.